The Kier molecular flexibility index (Phi) is 2.96. The molecule has 1 unspecified atom stereocenters. The first-order valence-electron chi connectivity index (χ1n) is 5.46. The van der Waals surface area contributed by atoms with Gasteiger partial charge in [-0.3, -0.25) is 9.48 Å². The van der Waals surface area contributed by atoms with Crippen LogP contribution in [-0.4, -0.2) is 28.9 Å². The monoisotopic (exact) mass is 223 g/mol. The van der Waals surface area contributed by atoms with Gasteiger partial charge in [-0.1, -0.05) is 0 Å². The topological polar surface area (TPSA) is 56.1 Å². The van der Waals surface area contributed by atoms with Crippen LogP contribution in [0, 0.1) is 12.8 Å². The summed E-state index contributed by atoms with van der Waals surface area (Å²) in [6, 6.07) is 1.84. The Balaban J connectivity index is 2.03. The van der Waals surface area contributed by atoms with Gasteiger partial charge in [0, 0.05) is 20.2 Å². The second kappa shape index (κ2) is 4.25. The summed E-state index contributed by atoms with van der Waals surface area (Å²) in [4.78, 5) is 11.9. The Bertz CT molecular complexity index is 396. The number of carbonyl (C=O) groups is 1. The summed E-state index contributed by atoms with van der Waals surface area (Å²) in [5, 5.41) is 7.01. The van der Waals surface area contributed by atoms with Crippen LogP contribution in [-0.2, 0) is 16.6 Å². The lowest BCUT2D eigenvalue weighted by atomic mass is 10.2. The van der Waals surface area contributed by atoms with Gasteiger partial charge in [0.25, 0.3) is 5.91 Å². The van der Waals surface area contributed by atoms with Crippen LogP contribution < -0.4 is 5.32 Å². The van der Waals surface area contributed by atoms with Crippen LogP contribution in [0.5, 0.6) is 0 Å². The van der Waals surface area contributed by atoms with Crippen molar-refractivity contribution >= 4 is 11.7 Å². The minimum Gasteiger partial charge on any atom is -0.371 e. The molecule has 0 spiro atoms. The Morgan fingerprint density at radius 2 is 2.38 bits per heavy atom. The summed E-state index contributed by atoms with van der Waals surface area (Å²) >= 11 is 0. The van der Waals surface area contributed by atoms with Gasteiger partial charge >= 0.3 is 0 Å². The Morgan fingerprint density at radius 3 is 2.81 bits per heavy atom. The van der Waals surface area contributed by atoms with Gasteiger partial charge in [-0.05, 0) is 25.7 Å². The maximum Gasteiger partial charge on any atom is 0.254 e. The van der Waals surface area contributed by atoms with Gasteiger partial charge in [-0.2, -0.15) is 5.10 Å². The van der Waals surface area contributed by atoms with Gasteiger partial charge in [-0.25, -0.2) is 0 Å². The molecule has 2 rings (SSSR count). The number of hydrogen-bond donors (Lipinski definition) is 1. The molecule has 1 amide bonds. The third kappa shape index (κ3) is 2.24. The first-order chi connectivity index (χ1) is 7.61. The van der Waals surface area contributed by atoms with Crippen molar-refractivity contribution in [3.05, 3.63) is 11.8 Å². The normalized spacial score (nSPS) is 17.2. The van der Waals surface area contributed by atoms with Crippen molar-refractivity contribution in [2.24, 2.45) is 13.0 Å². The highest BCUT2D eigenvalue weighted by atomic mass is 16.5. The molecular formula is C11H17N3O2. The number of hydrogen-bond acceptors (Lipinski definition) is 3. The molecule has 88 valence electrons. The van der Waals surface area contributed by atoms with E-state index in [-0.39, 0.29) is 12.0 Å². The van der Waals surface area contributed by atoms with Crippen molar-refractivity contribution in [1.82, 2.24) is 9.78 Å². The number of aromatic nitrogens is 2. The fraction of sp³-hybridized carbons (Fsp3) is 0.636. The van der Waals surface area contributed by atoms with E-state index in [1.807, 2.05) is 20.0 Å². The van der Waals surface area contributed by atoms with Gasteiger partial charge in [-0.15, -0.1) is 0 Å². The second-order valence-electron chi connectivity index (χ2n) is 4.28. The molecule has 1 fully saturated rings. The number of nitrogens with one attached hydrogen (secondary N) is 1. The van der Waals surface area contributed by atoms with Gasteiger partial charge in [0.15, 0.2) is 0 Å². The molecule has 0 radical (unpaired) electrons. The minimum atomic E-state index is -0.324. The first-order valence-corrected chi connectivity index (χ1v) is 5.46. The molecule has 1 aliphatic rings. The van der Waals surface area contributed by atoms with Crippen LogP contribution in [0.2, 0.25) is 0 Å². The highest BCUT2D eigenvalue weighted by Crippen LogP contribution is 2.34. The van der Waals surface area contributed by atoms with Crippen molar-refractivity contribution in [2.75, 3.05) is 12.4 Å². The largest absolute Gasteiger partial charge is 0.371 e. The molecule has 1 atom stereocenters. The molecule has 1 heterocycles. The standard InChI is InChI=1S/C11H17N3O2/c1-7-6-9(14(2)13-7)12-11(15)10(16-3)8-4-5-8/h6,8,10H,4-5H2,1-3H3,(H,12,15). The maximum atomic E-state index is 11.9. The van der Waals surface area contributed by atoms with E-state index in [2.05, 4.69) is 10.4 Å². The highest BCUT2D eigenvalue weighted by molar-refractivity contribution is 5.93. The predicted molar refractivity (Wildman–Crippen MR) is 60.1 cm³/mol. The Morgan fingerprint density at radius 1 is 1.69 bits per heavy atom. The van der Waals surface area contributed by atoms with Crippen LogP contribution in [0.15, 0.2) is 6.07 Å². The fourth-order valence-electron chi connectivity index (χ4n) is 1.84. The molecule has 0 aromatic carbocycles. The fourth-order valence-corrected chi connectivity index (χ4v) is 1.84. The molecule has 1 N–H and O–H groups in total. The summed E-state index contributed by atoms with van der Waals surface area (Å²) in [6.07, 6.45) is 1.84. The van der Waals surface area contributed by atoms with Crippen molar-refractivity contribution in [2.45, 2.75) is 25.9 Å². The maximum absolute atomic E-state index is 11.9. The van der Waals surface area contributed by atoms with Crippen molar-refractivity contribution in [3.8, 4) is 0 Å². The zero-order valence-corrected chi connectivity index (χ0v) is 9.86. The van der Waals surface area contributed by atoms with E-state index in [4.69, 9.17) is 4.74 Å². The van der Waals surface area contributed by atoms with Gasteiger partial charge in [0.05, 0.1) is 5.69 Å². The lowest BCUT2D eigenvalue weighted by Gasteiger charge is -2.14. The Labute approximate surface area is 94.8 Å². The lowest BCUT2D eigenvalue weighted by molar-refractivity contribution is -0.126. The number of amides is 1. The first kappa shape index (κ1) is 11.1. The molecule has 0 aliphatic heterocycles. The molecule has 0 saturated heterocycles. The zero-order valence-electron chi connectivity index (χ0n) is 9.86. The number of carbonyl (C=O) groups excluding carboxylic acids is 1. The SMILES string of the molecule is COC(C(=O)Nc1cc(C)nn1C)C1CC1. The molecule has 1 aliphatic carbocycles. The number of ether oxygens (including phenoxy) is 1. The van der Waals surface area contributed by atoms with Crippen LogP contribution in [0.4, 0.5) is 5.82 Å². The summed E-state index contributed by atoms with van der Waals surface area (Å²) in [6.45, 7) is 1.89. The summed E-state index contributed by atoms with van der Waals surface area (Å²) in [5.41, 5.74) is 0.887. The summed E-state index contributed by atoms with van der Waals surface area (Å²) in [7, 11) is 3.39. The lowest BCUT2D eigenvalue weighted by Crippen LogP contribution is -2.32. The predicted octanol–water partition coefficient (Wildman–Crippen LogP) is 1.09. The molecule has 1 saturated carbocycles. The number of rotatable bonds is 4. The van der Waals surface area contributed by atoms with Crippen molar-refractivity contribution in [1.29, 1.82) is 0 Å². The molecule has 0 bridgehead atoms. The number of aryl methyl sites for hydroxylation is 2. The van der Waals surface area contributed by atoms with Gasteiger partial charge in [0.1, 0.15) is 11.9 Å². The van der Waals surface area contributed by atoms with Crippen molar-refractivity contribution in [3.63, 3.8) is 0 Å². The van der Waals surface area contributed by atoms with Gasteiger partial charge < -0.3 is 10.1 Å². The van der Waals surface area contributed by atoms with Gasteiger partial charge in [0.2, 0.25) is 0 Å². The van der Waals surface area contributed by atoms with E-state index < -0.39 is 0 Å². The van der Waals surface area contributed by atoms with E-state index in [1.54, 1.807) is 11.8 Å². The van der Waals surface area contributed by atoms with Crippen LogP contribution in [0.3, 0.4) is 0 Å². The second-order valence-corrected chi connectivity index (χ2v) is 4.28. The average molecular weight is 223 g/mol. The quantitative estimate of drug-likeness (QED) is 0.831. The zero-order chi connectivity index (χ0) is 11.7. The van der Waals surface area contributed by atoms with E-state index in [0.717, 1.165) is 18.5 Å². The molecule has 1 aromatic heterocycles. The highest BCUT2D eigenvalue weighted by Gasteiger charge is 2.36. The van der Waals surface area contributed by atoms with E-state index in [0.29, 0.717) is 11.7 Å². The smallest absolute Gasteiger partial charge is 0.254 e. The molecular weight excluding hydrogens is 206 g/mol. The summed E-state index contributed by atoms with van der Waals surface area (Å²) < 4.78 is 6.87. The number of nitrogens with zero attached hydrogens (tertiary/aromatic N) is 2. The number of methoxy groups -OCH3 is 1. The third-order valence-electron chi connectivity index (χ3n) is 2.82. The molecule has 16 heavy (non-hydrogen) atoms. The van der Waals surface area contributed by atoms with E-state index in [1.165, 1.54) is 0 Å². The average Bonchev–Trinajstić information content (AvgIpc) is 2.97. The van der Waals surface area contributed by atoms with E-state index >= 15 is 0 Å². The Hall–Kier alpha value is -1.36. The molecule has 1 aromatic rings. The summed E-state index contributed by atoms with van der Waals surface area (Å²) in [5.74, 6) is 1.03. The van der Waals surface area contributed by atoms with Crippen LogP contribution in [0.25, 0.3) is 0 Å². The van der Waals surface area contributed by atoms with Crippen molar-refractivity contribution < 1.29 is 9.53 Å². The molecule has 5 nitrogen and oxygen atoms in total. The third-order valence-corrected chi connectivity index (χ3v) is 2.82. The minimum absolute atomic E-state index is 0.0759. The molecule has 5 heteroatoms. The van der Waals surface area contributed by atoms with Crippen LogP contribution >= 0.6 is 0 Å². The number of anilines is 1. The van der Waals surface area contributed by atoms with Crippen LogP contribution in [0.1, 0.15) is 18.5 Å². The van der Waals surface area contributed by atoms with E-state index in [9.17, 15) is 4.79 Å².